The lowest BCUT2D eigenvalue weighted by Gasteiger charge is -2.31. The number of imidazole rings is 1. The standard InChI is InChI=1S/C17H26N4O2/c1-6-12(2)13-9-14(23-20-13)16(22)19-15(17(3,4)5)10-21-8-7-18-11-21/h7-9,11-12,15H,6,10H2,1-5H3,(H,19,22)/t12-,15+/m1/s1. The van der Waals surface area contributed by atoms with Crippen LogP contribution >= 0.6 is 0 Å². The predicted molar refractivity (Wildman–Crippen MR) is 88.1 cm³/mol. The fourth-order valence-electron chi connectivity index (χ4n) is 2.21. The molecule has 0 aromatic carbocycles. The van der Waals surface area contributed by atoms with Gasteiger partial charge in [-0.05, 0) is 11.8 Å². The van der Waals surface area contributed by atoms with Crippen molar-refractivity contribution in [1.29, 1.82) is 0 Å². The van der Waals surface area contributed by atoms with Crippen molar-refractivity contribution in [3.8, 4) is 0 Å². The van der Waals surface area contributed by atoms with E-state index < -0.39 is 0 Å². The molecule has 0 aliphatic heterocycles. The minimum Gasteiger partial charge on any atom is -0.351 e. The molecule has 0 saturated carbocycles. The second-order valence-electron chi connectivity index (χ2n) is 7.08. The lowest BCUT2D eigenvalue weighted by atomic mass is 9.86. The van der Waals surface area contributed by atoms with E-state index in [0.29, 0.717) is 6.54 Å². The van der Waals surface area contributed by atoms with Crippen LogP contribution in [0.5, 0.6) is 0 Å². The molecule has 0 aliphatic rings. The van der Waals surface area contributed by atoms with Crippen LogP contribution in [-0.2, 0) is 6.54 Å². The first-order valence-electron chi connectivity index (χ1n) is 8.04. The summed E-state index contributed by atoms with van der Waals surface area (Å²) in [5, 5.41) is 7.06. The van der Waals surface area contributed by atoms with E-state index in [2.05, 4.69) is 50.1 Å². The van der Waals surface area contributed by atoms with Crippen molar-refractivity contribution in [2.75, 3.05) is 0 Å². The van der Waals surface area contributed by atoms with Crippen molar-refractivity contribution in [3.05, 3.63) is 36.2 Å². The molecule has 6 nitrogen and oxygen atoms in total. The zero-order valence-electron chi connectivity index (χ0n) is 14.5. The van der Waals surface area contributed by atoms with Crippen molar-refractivity contribution < 1.29 is 9.32 Å². The number of amides is 1. The van der Waals surface area contributed by atoms with Crippen LogP contribution in [0.1, 0.15) is 63.2 Å². The summed E-state index contributed by atoms with van der Waals surface area (Å²) in [6.07, 6.45) is 6.33. The Morgan fingerprint density at radius 2 is 2.17 bits per heavy atom. The second kappa shape index (κ2) is 6.98. The van der Waals surface area contributed by atoms with Crippen molar-refractivity contribution in [3.63, 3.8) is 0 Å². The van der Waals surface area contributed by atoms with Crippen molar-refractivity contribution >= 4 is 5.91 Å². The number of hydrogen-bond acceptors (Lipinski definition) is 4. The Bertz CT molecular complexity index is 625. The summed E-state index contributed by atoms with van der Waals surface area (Å²) in [6, 6.07) is 1.68. The van der Waals surface area contributed by atoms with Crippen LogP contribution in [0, 0.1) is 5.41 Å². The van der Waals surface area contributed by atoms with Crippen LogP contribution in [0.15, 0.2) is 29.3 Å². The fraction of sp³-hybridized carbons (Fsp3) is 0.588. The summed E-state index contributed by atoms with van der Waals surface area (Å²) >= 11 is 0. The smallest absolute Gasteiger partial charge is 0.290 e. The molecule has 1 amide bonds. The molecule has 0 saturated heterocycles. The largest absolute Gasteiger partial charge is 0.351 e. The van der Waals surface area contributed by atoms with E-state index in [0.717, 1.165) is 12.1 Å². The third-order valence-electron chi connectivity index (χ3n) is 4.17. The fourth-order valence-corrected chi connectivity index (χ4v) is 2.21. The quantitative estimate of drug-likeness (QED) is 0.887. The maximum absolute atomic E-state index is 12.5. The van der Waals surface area contributed by atoms with Gasteiger partial charge in [-0.15, -0.1) is 0 Å². The topological polar surface area (TPSA) is 73.0 Å². The Balaban J connectivity index is 2.09. The minimum atomic E-state index is -0.230. The SMILES string of the molecule is CC[C@@H](C)c1cc(C(=O)N[C@@H](Cn2ccnc2)C(C)(C)C)on1. The van der Waals surface area contributed by atoms with Gasteiger partial charge < -0.3 is 14.4 Å². The summed E-state index contributed by atoms with van der Waals surface area (Å²) in [4.78, 5) is 16.5. The van der Waals surface area contributed by atoms with E-state index in [1.807, 2.05) is 10.8 Å². The molecular formula is C17H26N4O2. The average molecular weight is 318 g/mol. The molecule has 0 bridgehead atoms. The van der Waals surface area contributed by atoms with E-state index in [1.54, 1.807) is 18.6 Å². The summed E-state index contributed by atoms with van der Waals surface area (Å²) in [5.74, 6) is 0.317. The number of rotatable bonds is 6. The van der Waals surface area contributed by atoms with Gasteiger partial charge in [-0.2, -0.15) is 0 Å². The van der Waals surface area contributed by atoms with Crippen molar-refractivity contribution in [2.24, 2.45) is 5.41 Å². The first-order chi connectivity index (χ1) is 10.8. The van der Waals surface area contributed by atoms with Gasteiger partial charge in [-0.25, -0.2) is 4.98 Å². The summed E-state index contributed by atoms with van der Waals surface area (Å²) in [5.41, 5.74) is 0.721. The highest BCUT2D eigenvalue weighted by Crippen LogP contribution is 2.22. The molecule has 2 aromatic heterocycles. The normalized spacial score (nSPS) is 14.5. The molecule has 2 heterocycles. The Morgan fingerprint density at radius 3 is 2.74 bits per heavy atom. The third kappa shape index (κ3) is 4.43. The molecule has 0 fully saturated rings. The molecule has 23 heavy (non-hydrogen) atoms. The summed E-state index contributed by atoms with van der Waals surface area (Å²) < 4.78 is 7.18. The molecular weight excluding hydrogens is 292 g/mol. The zero-order valence-corrected chi connectivity index (χ0v) is 14.5. The highest BCUT2D eigenvalue weighted by Gasteiger charge is 2.28. The average Bonchev–Trinajstić information content (AvgIpc) is 3.16. The molecule has 0 radical (unpaired) electrons. The number of nitrogens with one attached hydrogen (secondary N) is 1. The Hall–Kier alpha value is -2.11. The first kappa shape index (κ1) is 17.2. The van der Waals surface area contributed by atoms with Crippen molar-refractivity contribution in [1.82, 2.24) is 20.0 Å². The number of aromatic nitrogens is 3. The van der Waals surface area contributed by atoms with Gasteiger partial charge in [0, 0.05) is 30.9 Å². The Kier molecular flexibility index (Phi) is 5.23. The van der Waals surface area contributed by atoms with Crippen LogP contribution in [0.2, 0.25) is 0 Å². The van der Waals surface area contributed by atoms with Gasteiger partial charge in [0.2, 0.25) is 5.76 Å². The Morgan fingerprint density at radius 1 is 1.43 bits per heavy atom. The molecule has 0 unspecified atom stereocenters. The van der Waals surface area contributed by atoms with Crippen LogP contribution < -0.4 is 5.32 Å². The van der Waals surface area contributed by atoms with Gasteiger partial charge in [0.05, 0.1) is 18.1 Å². The highest BCUT2D eigenvalue weighted by molar-refractivity contribution is 5.91. The van der Waals surface area contributed by atoms with Gasteiger partial charge in [-0.3, -0.25) is 4.79 Å². The van der Waals surface area contributed by atoms with E-state index in [4.69, 9.17) is 4.52 Å². The van der Waals surface area contributed by atoms with Crippen LogP contribution in [-0.4, -0.2) is 26.7 Å². The number of nitrogens with zero attached hydrogens (tertiary/aromatic N) is 3. The van der Waals surface area contributed by atoms with Crippen molar-refractivity contribution in [2.45, 2.75) is 59.5 Å². The number of hydrogen-bond donors (Lipinski definition) is 1. The minimum absolute atomic E-state index is 0.0543. The lowest BCUT2D eigenvalue weighted by molar-refractivity contribution is 0.0855. The number of carbonyl (C=O) groups excluding carboxylic acids is 1. The molecule has 2 rings (SSSR count). The van der Waals surface area contributed by atoms with Gasteiger partial charge in [0.1, 0.15) is 0 Å². The summed E-state index contributed by atoms with van der Waals surface area (Å²) in [6.45, 7) is 11.1. The van der Waals surface area contributed by atoms with Crippen LogP contribution in [0.4, 0.5) is 0 Å². The van der Waals surface area contributed by atoms with Gasteiger partial charge in [0.15, 0.2) is 0 Å². The van der Waals surface area contributed by atoms with E-state index in [9.17, 15) is 4.79 Å². The maximum Gasteiger partial charge on any atom is 0.290 e. The molecule has 0 aliphatic carbocycles. The lowest BCUT2D eigenvalue weighted by Crippen LogP contribution is -2.46. The Labute approximate surface area is 137 Å². The molecule has 2 aromatic rings. The molecule has 1 N–H and O–H groups in total. The molecule has 0 spiro atoms. The zero-order chi connectivity index (χ0) is 17.0. The molecule has 2 atom stereocenters. The van der Waals surface area contributed by atoms with Gasteiger partial charge >= 0.3 is 0 Å². The molecule has 126 valence electrons. The second-order valence-corrected chi connectivity index (χ2v) is 7.08. The first-order valence-corrected chi connectivity index (χ1v) is 8.04. The predicted octanol–water partition coefficient (Wildman–Crippen LogP) is 3.23. The molecule has 6 heteroatoms. The monoisotopic (exact) mass is 318 g/mol. The van der Waals surface area contributed by atoms with Gasteiger partial charge in [0.25, 0.3) is 5.91 Å². The van der Waals surface area contributed by atoms with Crippen LogP contribution in [0.25, 0.3) is 0 Å². The van der Waals surface area contributed by atoms with Gasteiger partial charge in [-0.1, -0.05) is 39.8 Å². The third-order valence-corrected chi connectivity index (χ3v) is 4.17. The highest BCUT2D eigenvalue weighted by atomic mass is 16.5. The van der Waals surface area contributed by atoms with E-state index in [-0.39, 0.29) is 29.0 Å². The maximum atomic E-state index is 12.5. The van der Waals surface area contributed by atoms with Crippen LogP contribution in [0.3, 0.4) is 0 Å². The van der Waals surface area contributed by atoms with E-state index in [1.165, 1.54) is 0 Å². The van der Waals surface area contributed by atoms with E-state index >= 15 is 0 Å². The number of carbonyl (C=O) groups is 1. The summed E-state index contributed by atoms with van der Waals surface area (Å²) in [7, 11) is 0.